The number of anilines is 1. The first-order chi connectivity index (χ1) is 7.89. The highest BCUT2D eigenvalue weighted by Crippen LogP contribution is 2.30. The fraction of sp³-hybridized carbons (Fsp3) is 0.571. The zero-order valence-corrected chi connectivity index (χ0v) is 11.6. The van der Waals surface area contributed by atoms with Crippen molar-refractivity contribution in [3.63, 3.8) is 0 Å². The molecule has 3 N–H and O–H groups in total. The summed E-state index contributed by atoms with van der Waals surface area (Å²) in [7, 11) is 1.70. The predicted molar refractivity (Wildman–Crippen MR) is 73.8 cm³/mol. The van der Waals surface area contributed by atoms with Crippen LogP contribution in [0, 0.1) is 19.3 Å². The summed E-state index contributed by atoms with van der Waals surface area (Å²) in [5, 5.41) is 3.45. The number of hydrogen-bond acceptors (Lipinski definition) is 3. The lowest BCUT2D eigenvalue weighted by Crippen LogP contribution is -2.31. The van der Waals surface area contributed by atoms with E-state index in [0.29, 0.717) is 6.54 Å². The molecule has 0 atom stereocenters. The summed E-state index contributed by atoms with van der Waals surface area (Å²) < 4.78 is 5.41. The van der Waals surface area contributed by atoms with Crippen molar-refractivity contribution in [2.24, 2.45) is 11.1 Å². The van der Waals surface area contributed by atoms with Crippen molar-refractivity contribution in [1.29, 1.82) is 0 Å². The summed E-state index contributed by atoms with van der Waals surface area (Å²) >= 11 is 0. The Hall–Kier alpha value is -1.22. The smallest absolute Gasteiger partial charge is 0.142 e. The van der Waals surface area contributed by atoms with E-state index in [1.54, 1.807) is 7.11 Å². The molecule has 0 bridgehead atoms. The summed E-state index contributed by atoms with van der Waals surface area (Å²) in [5.41, 5.74) is 9.30. The SMILES string of the molecule is COc1cc(C)cc(C)c1NCC(C)(C)CN. The van der Waals surface area contributed by atoms with E-state index in [9.17, 15) is 0 Å². The molecule has 0 amide bonds. The molecular weight excluding hydrogens is 212 g/mol. The Labute approximate surface area is 104 Å². The van der Waals surface area contributed by atoms with E-state index in [2.05, 4.69) is 39.1 Å². The maximum Gasteiger partial charge on any atom is 0.142 e. The number of hydrogen-bond donors (Lipinski definition) is 2. The first-order valence-corrected chi connectivity index (χ1v) is 5.99. The Bertz CT molecular complexity index is 386. The second-order valence-corrected chi connectivity index (χ2v) is 5.38. The van der Waals surface area contributed by atoms with Crippen LogP contribution in [-0.4, -0.2) is 20.2 Å². The molecular formula is C14H24N2O. The van der Waals surface area contributed by atoms with Crippen LogP contribution < -0.4 is 15.8 Å². The fourth-order valence-electron chi connectivity index (χ4n) is 1.72. The minimum atomic E-state index is 0.0857. The van der Waals surface area contributed by atoms with E-state index in [1.807, 2.05) is 6.07 Å². The van der Waals surface area contributed by atoms with Gasteiger partial charge in [-0.05, 0) is 43.0 Å². The highest BCUT2D eigenvalue weighted by molar-refractivity contribution is 5.63. The minimum Gasteiger partial charge on any atom is -0.495 e. The van der Waals surface area contributed by atoms with Crippen LogP contribution in [0.5, 0.6) is 5.75 Å². The van der Waals surface area contributed by atoms with Gasteiger partial charge < -0.3 is 15.8 Å². The van der Waals surface area contributed by atoms with Gasteiger partial charge in [0.15, 0.2) is 0 Å². The molecule has 1 rings (SSSR count). The molecule has 0 unspecified atom stereocenters. The molecule has 0 saturated heterocycles. The Balaban J connectivity index is 2.90. The zero-order valence-electron chi connectivity index (χ0n) is 11.6. The van der Waals surface area contributed by atoms with Crippen molar-refractivity contribution >= 4 is 5.69 Å². The Kier molecular flexibility index (Phi) is 4.40. The number of benzene rings is 1. The molecule has 0 fully saturated rings. The summed E-state index contributed by atoms with van der Waals surface area (Å²) in [6, 6.07) is 4.20. The number of nitrogens with one attached hydrogen (secondary N) is 1. The lowest BCUT2D eigenvalue weighted by atomic mass is 9.93. The lowest BCUT2D eigenvalue weighted by Gasteiger charge is -2.25. The second-order valence-electron chi connectivity index (χ2n) is 5.38. The van der Waals surface area contributed by atoms with Gasteiger partial charge in [-0.2, -0.15) is 0 Å². The van der Waals surface area contributed by atoms with Crippen molar-refractivity contribution in [2.75, 3.05) is 25.5 Å². The van der Waals surface area contributed by atoms with E-state index in [4.69, 9.17) is 10.5 Å². The van der Waals surface area contributed by atoms with E-state index in [-0.39, 0.29) is 5.41 Å². The van der Waals surface area contributed by atoms with Crippen LogP contribution in [0.3, 0.4) is 0 Å². The highest BCUT2D eigenvalue weighted by atomic mass is 16.5. The van der Waals surface area contributed by atoms with Gasteiger partial charge in [0.05, 0.1) is 12.8 Å². The van der Waals surface area contributed by atoms with Crippen LogP contribution >= 0.6 is 0 Å². The van der Waals surface area contributed by atoms with Crippen LogP contribution in [-0.2, 0) is 0 Å². The third-order valence-electron chi connectivity index (χ3n) is 2.96. The zero-order chi connectivity index (χ0) is 13.1. The van der Waals surface area contributed by atoms with Crippen molar-refractivity contribution in [2.45, 2.75) is 27.7 Å². The first kappa shape index (κ1) is 13.8. The van der Waals surface area contributed by atoms with Gasteiger partial charge >= 0.3 is 0 Å². The van der Waals surface area contributed by atoms with Gasteiger partial charge in [-0.3, -0.25) is 0 Å². The van der Waals surface area contributed by atoms with Crippen molar-refractivity contribution in [3.8, 4) is 5.75 Å². The maximum atomic E-state index is 5.73. The van der Waals surface area contributed by atoms with Gasteiger partial charge in [-0.25, -0.2) is 0 Å². The molecule has 3 heteroatoms. The van der Waals surface area contributed by atoms with E-state index in [0.717, 1.165) is 18.0 Å². The Morgan fingerprint density at radius 3 is 2.47 bits per heavy atom. The fourth-order valence-corrected chi connectivity index (χ4v) is 1.72. The van der Waals surface area contributed by atoms with Crippen LogP contribution in [0.4, 0.5) is 5.69 Å². The third-order valence-corrected chi connectivity index (χ3v) is 2.96. The number of nitrogens with two attached hydrogens (primary N) is 1. The molecule has 0 aliphatic rings. The van der Waals surface area contributed by atoms with Crippen LogP contribution in [0.15, 0.2) is 12.1 Å². The van der Waals surface area contributed by atoms with Gasteiger partial charge in [0.25, 0.3) is 0 Å². The van der Waals surface area contributed by atoms with E-state index >= 15 is 0 Å². The largest absolute Gasteiger partial charge is 0.495 e. The van der Waals surface area contributed by atoms with Crippen LogP contribution in [0.2, 0.25) is 0 Å². The molecule has 17 heavy (non-hydrogen) atoms. The second kappa shape index (κ2) is 5.41. The predicted octanol–water partition coefficient (Wildman–Crippen LogP) is 2.71. The molecule has 1 aromatic carbocycles. The van der Waals surface area contributed by atoms with E-state index in [1.165, 1.54) is 11.1 Å². The van der Waals surface area contributed by atoms with E-state index < -0.39 is 0 Å². The summed E-state index contributed by atoms with van der Waals surface area (Å²) in [6.45, 7) is 9.96. The molecule has 0 radical (unpaired) electrons. The van der Waals surface area contributed by atoms with Crippen molar-refractivity contribution in [1.82, 2.24) is 0 Å². The molecule has 0 spiro atoms. The number of rotatable bonds is 5. The quantitative estimate of drug-likeness (QED) is 0.826. The van der Waals surface area contributed by atoms with Gasteiger partial charge in [-0.1, -0.05) is 19.9 Å². The summed E-state index contributed by atoms with van der Waals surface area (Å²) in [4.78, 5) is 0. The number of ether oxygens (including phenoxy) is 1. The van der Waals surface area contributed by atoms with Crippen LogP contribution in [0.1, 0.15) is 25.0 Å². The monoisotopic (exact) mass is 236 g/mol. The molecule has 0 aromatic heterocycles. The van der Waals surface area contributed by atoms with Gasteiger partial charge in [0.2, 0.25) is 0 Å². The average Bonchev–Trinajstić information content (AvgIpc) is 2.26. The molecule has 3 nitrogen and oxygen atoms in total. The van der Waals surface area contributed by atoms with Crippen LogP contribution in [0.25, 0.3) is 0 Å². The number of aryl methyl sites for hydroxylation is 2. The van der Waals surface area contributed by atoms with Crippen molar-refractivity contribution < 1.29 is 4.74 Å². The standard InChI is InChI=1S/C14H24N2O/c1-10-6-11(2)13(12(7-10)17-5)16-9-14(3,4)8-15/h6-7,16H,8-9,15H2,1-5H3. The van der Waals surface area contributed by atoms with Crippen molar-refractivity contribution in [3.05, 3.63) is 23.3 Å². The Morgan fingerprint density at radius 1 is 1.29 bits per heavy atom. The lowest BCUT2D eigenvalue weighted by molar-refractivity contribution is 0.399. The average molecular weight is 236 g/mol. The molecule has 0 heterocycles. The summed E-state index contributed by atoms with van der Waals surface area (Å²) in [5.74, 6) is 0.898. The minimum absolute atomic E-state index is 0.0857. The third kappa shape index (κ3) is 3.63. The Morgan fingerprint density at radius 2 is 1.94 bits per heavy atom. The molecule has 96 valence electrons. The summed E-state index contributed by atoms with van der Waals surface area (Å²) in [6.07, 6.45) is 0. The first-order valence-electron chi connectivity index (χ1n) is 5.99. The topological polar surface area (TPSA) is 47.3 Å². The number of methoxy groups -OCH3 is 1. The molecule has 1 aromatic rings. The molecule has 0 aliphatic carbocycles. The molecule has 0 aliphatic heterocycles. The normalized spacial score (nSPS) is 11.4. The van der Waals surface area contributed by atoms with Gasteiger partial charge in [0, 0.05) is 6.54 Å². The van der Waals surface area contributed by atoms with Gasteiger partial charge in [-0.15, -0.1) is 0 Å². The molecule has 0 saturated carbocycles. The van der Waals surface area contributed by atoms with Gasteiger partial charge in [0.1, 0.15) is 5.75 Å². The maximum absolute atomic E-state index is 5.73. The highest BCUT2D eigenvalue weighted by Gasteiger charge is 2.17.